The number of benzene rings is 6. The van der Waals surface area contributed by atoms with Crippen LogP contribution in [0.3, 0.4) is 0 Å². The van der Waals surface area contributed by atoms with Gasteiger partial charge in [-0.25, -0.2) is 9.97 Å². The van der Waals surface area contributed by atoms with Gasteiger partial charge in [0.15, 0.2) is 0 Å². The average Bonchev–Trinajstić information content (AvgIpc) is 3.83. The maximum absolute atomic E-state index is 6.53. The molecule has 0 spiro atoms. The average molecular weight is 833 g/mol. The van der Waals surface area contributed by atoms with E-state index in [1.54, 1.807) is 0 Å². The zero-order chi connectivity index (χ0) is 43.0. The summed E-state index contributed by atoms with van der Waals surface area (Å²) < 4.78 is 17.5. The van der Waals surface area contributed by atoms with Crippen molar-refractivity contribution < 1.29 is 9.47 Å². The molecule has 5 aromatic heterocycles. The molecule has 310 valence electrons. The van der Waals surface area contributed by atoms with Crippen molar-refractivity contribution >= 4 is 43.6 Å². The highest BCUT2D eigenvalue weighted by molar-refractivity contribution is 6.10. The van der Waals surface area contributed by atoms with Crippen molar-refractivity contribution in [3.8, 4) is 57.1 Å². The Kier molecular flexibility index (Phi) is 10.1. The van der Waals surface area contributed by atoms with Crippen molar-refractivity contribution in [2.45, 2.75) is 39.5 Å². The number of hydrogen-bond acceptors (Lipinski definition) is 6. The van der Waals surface area contributed by atoms with Crippen LogP contribution in [0.1, 0.15) is 37.8 Å². The zero-order valence-corrected chi connectivity index (χ0v) is 35.6. The summed E-state index contributed by atoms with van der Waals surface area (Å²) in [6.07, 6.45) is 11.6. The fraction of sp³-hybridized carbons (Fsp3) is 0.107. The number of rotatable bonds is 12. The number of aryl methyl sites for hydroxylation is 2. The Labute approximate surface area is 371 Å². The molecule has 0 aliphatic carbocycles. The van der Waals surface area contributed by atoms with Crippen LogP contribution in [0, 0.1) is 0 Å². The molecular formula is C56H44N6O2. The highest BCUT2D eigenvalue weighted by atomic mass is 16.5. The molecule has 8 heteroatoms. The Morgan fingerprint density at radius 1 is 0.391 bits per heavy atom. The first-order chi connectivity index (χ1) is 31.6. The zero-order valence-electron chi connectivity index (χ0n) is 35.6. The number of hydrogen-bond donors (Lipinski definition) is 0. The van der Waals surface area contributed by atoms with Crippen LogP contribution in [0.15, 0.2) is 183 Å². The normalized spacial score (nSPS) is 11.5. The van der Waals surface area contributed by atoms with Crippen LogP contribution in [-0.2, 0) is 12.8 Å². The molecule has 5 heterocycles. The van der Waals surface area contributed by atoms with Gasteiger partial charge in [0.25, 0.3) is 0 Å². The molecule has 0 saturated carbocycles. The van der Waals surface area contributed by atoms with Gasteiger partial charge in [0.1, 0.15) is 34.6 Å². The summed E-state index contributed by atoms with van der Waals surface area (Å²) in [7, 11) is 0. The Bertz CT molecular complexity index is 3240. The molecule has 11 rings (SSSR count). The van der Waals surface area contributed by atoms with Crippen LogP contribution in [0.2, 0.25) is 0 Å². The van der Waals surface area contributed by atoms with E-state index >= 15 is 0 Å². The Morgan fingerprint density at radius 3 is 1.28 bits per heavy atom. The summed E-state index contributed by atoms with van der Waals surface area (Å²) in [5.41, 5.74) is 10.3. The summed E-state index contributed by atoms with van der Waals surface area (Å²) >= 11 is 0. The van der Waals surface area contributed by atoms with E-state index in [1.807, 2.05) is 122 Å². The Morgan fingerprint density at radius 2 is 0.859 bits per heavy atom. The molecule has 6 aromatic carbocycles. The van der Waals surface area contributed by atoms with E-state index in [4.69, 9.17) is 29.4 Å². The fourth-order valence-electron chi connectivity index (χ4n) is 8.91. The van der Waals surface area contributed by atoms with Gasteiger partial charge in [-0.3, -0.25) is 19.1 Å². The molecule has 0 aliphatic heterocycles. The van der Waals surface area contributed by atoms with E-state index in [1.165, 1.54) is 21.9 Å². The van der Waals surface area contributed by atoms with E-state index in [0.717, 1.165) is 104 Å². The van der Waals surface area contributed by atoms with Gasteiger partial charge in [-0.2, -0.15) is 0 Å². The maximum atomic E-state index is 6.53. The lowest BCUT2D eigenvalue weighted by Crippen LogP contribution is -1.96. The van der Waals surface area contributed by atoms with Crippen molar-refractivity contribution in [3.05, 3.63) is 194 Å². The monoisotopic (exact) mass is 832 g/mol. The highest BCUT2D eigenvalue weighted by Gasteiger charge is 2.17. The summed E-state index contributed by atoms with van der Waals surface area (Å²) in [5, 5.41) is 4.74. The van der Waals surface area contributed by atoms with Crippen LogP contribution in [0.5, 0.6) is 23.0 Å². The number of nitrogens with zero attached hydrogens (tertiary/aromatic N) is 6. The van der Waals surface area contributed by atoms with Crippen LogP contribution < -0.4 is 9.47 Å². The second-order valence-corrected chi connectivity index (χ2v) is 16.2. The van der Waals surface area contributed by atoms with E-state index in [2.05, 4.69) is 83.6 Å². The molecule has 11 aromatic rings. The van der Waals surface area contributed by atoms with E-state index in [-0.39, 0.29) is 0 Å². The molecule has 0 unspecified atom stereocenters. The molecule has 0 aliphatic rings. The Hall–Kier alpha value is -8.10. The molecule has 0 bridgehead atoms. The smallest absolute Gasteiger partial charge is 0.137 e. The minimum absolute atomic E-state index is 0.707. The third kappa shape index (κ3) is 7.28. The molecule has 0 N–H and O–H groups in total. The minimum atomic E-state index is 0.707. The van der Waals surface area contributed by atoms with Crippen LogP contribution in [0.25, 0.3) is 77.8 Å². The van der Waals surface area contributed by atoms with Gasteiger partial charge in [-0.15, -0.1) is 0 Å². The van der Waals surface area contributed by atoms with E-state index < -0.39 is 0 Å². The summed E-state index contributed by atoms with van der Waals surface area (Å²) in [6.45, 7) is 4.43. The van der Waals surface area contributed by atoms with Gasteiger partial charge in [0.05, 0.1) is 45.8 Å². The largest absolute Gasteiger partial charge is 0.457 e. The van der Waals surface area contributed by atoms with Crippen molar-refractivity contribution in [1.29, 1.82) is 0 Å². The third-order valence-corrected chi connectivity index (χ3v) is 11.8. The van der Waals surface area contributed by atoms with Gasteiger partial charge < -0.3 is 9.47 Å². The predicted octanol–water partition coefficient (Wildman–Crippen LogP) is 14.3. The van der Waals surface area contributed by atoms with E-state index in [9.17, 15) is 0 Å². The minimum Gasteiger partial charge on any atom is -0.457 e. The number of pyridine rings is 2. The van der Waals surface area contributed by atoms with Crippen molar-refractivity contribution in [2.75, 3.05) is 0 Å². The lowest BCUT2D eigenvalue weighted by atomic mass is 10.1. The van der Waals surface area contributed by atoms with Crippen LogP contribution in [0.4, 0.5) is 0 Å². The number of aromatic nitrogens is 6. The van der Waals surface area contributed by atoms with Gasteiger partial charge >= 0.3 is 0 Å². The first kappa shape index (κ1) is 38.8. The Balaban J connectivity index is 0.848. The van der Waals surface area contributed by atoms with Crippen LogP contribution in [-0.4, -0.2) is 29.1 Å². The number of fused-ring (bicyclic) bond motifs is 6. The standard InChI is InChI=1S/C56H44N6O2/c1-3-11-37-19-25-51-47(29-37)45-23-21-43(33-53(45)61(51)55-17-5-7-27-57-55)63-41-15-9-13-39(31-41)49-35-60-50(36-59-49)40-14-10-16-42(32-40)64-44-22-24-46-48-30-38(12-4-2)20-26-52(48)62(54(46)34-44)56-18-6-8-28-58-56/h5-10,13-36H,3-4,11-12H2,1-2H3. The van der Waals surface area contributed by atoms with Gasteiger partial charge in [-0.1, -0.05) is 75.2 Å². The quantitative estimate of drug-likeness (QED) is 0.122. The lowest BCUT2D eigenvalue weighted by Gasteiger charge is -2.11. The molecule has 0 atom stereocenters. The molecule has 0 saturated heterocycles. The summed E-state index contributed by atoms with van der Waals surface area (Å²) in [6, 6.07) is 54.1. The van der Waals surface area contributed by atoms with Crippen molar-refractivity contribution in [1.82, 2.24) is 29.1 Å². The fourth-order valence-corrected chi connectivity index (χ4v) is 8.91. The van der Waals surface area contributed by atoms with Crippen LogP contribution >= 0.6 is 0 Å². The molecule has 64 heavy (non-hydrogen) atoms. The SMILES string of the molecule is CCCc1ccc2c(c1)c1ccc(Oc3cccc(-c4cnc(-c5cccc(Oc6ccc7c8cc(CCC)ccc8n(-c8ccccn8)c7c6)c5)cn4)c3)cc1n2-c1ccccn1. The summed E-state index contributed by atoms with van der Waals surface area (Å²) in [4.78, 5) is 19.1. The molecule has 0 radical (unpaired) electrons. The lowest BCUT2D eigenvalue weighted by molar-refractivity contribution is 0.483. The first-order valence-corrected chi connectivity index (χ1v) is 22.0. The topological polar surface area (TPSA) is 79.9 Å². The van der Waals surface area contributed by atoms with Crippen molar-refractivity contribution in [2.24, 2.45) is 0 Å². The maximum Gasteiger partial charge on any atom is 0.137 e. The molecule has 0 amide bonds. The molecule has 8 nitrogen and oxygen atoms in total. The third-order valence-electron chi connectivity index (χ3n) is 11.8. The molecular weight excluding hydrogens is 789 g/mol. The second kappa shape index (κ2) is 16.6. The van der Waals surface area contributed by atoms with Gasteiger partial charge in [-0.05, 0) is 121 Å². The highest BCUT2D eigenvalue weighted by Crippen LogP contribution is 2.38. The van der Waals surface area contributed by atoms with E-state index in [0.29, 0.717) is 11.5 Å². The second-order valence-electron chi connectivity index (χ2n) is 16.2. The predicted molar refractivity (Wildman–Crippen MR) is 258 cm³/mol. The van der Waals surface area contributed by atoms with Gasteiger partial charge in [0.2, 0.25) is 0 Å². The van der Waals surface area contributed by atoms with Gasteiger partial charge in [0, 0.05) is 57.2 Å². The summed E-state index contributed by atoms with van der Waals surface area (Å²) in [5.74, 6) is 4.62. The van der Waals surface area contributed by atoms with Crippen molar-refractivity contribution in [3.63, 3.8) is 0 Å². The first-order valence-electron chi connectivity index (χ1n) is 22.0. The number of ether oxygens (including phenoxy) is 2. The molecule has 0 fully saturated rings.